The number of halogens is 2. The predicted molar refractivity (Wildman–Crippen MR) is 79.9 cm³/mol. The van der Waals surface area contributed by atoms with E-state index in [4.69, 9.17) is 10.5 Å². The lowest BCUT2D eigenvalue weighted by molar-refractivity contribution is -0.385. The minimum absolute atomic E-state index is 0.0461. The predicted octanol–water partition coefficient (Wildman–Crippen LogP) is 4.31. The molecule has 0 heterocycles. The van der Waals surface area contributed by atoms with E-state index in [-0.39, 0.29) is 17.2 Å². The molecule has 0 saturated carbocycles. The van der Waals surface area contributed by atoms with Crippen molar-refractivity contribution in [1.29, 1.82) is 0 Å². The van der Waals surface area contributed by atoms with E-state index < -0.39 is 16.8 Å². The first-order chi connectivity index (χ1) is 9.90. The summed E-state index contributed by atoms with van der Waals surface area (Å²) in [5, 5.41) is 11.1. The SMILES string of the molecule is CC(N)c1cccc(F)c1Oc1ccc(Br)cc1[N+](=O)[O-]. The second-order valence-electron chi connectivity index (χ2n) is 4.42. The van der Waals surface area contributed by atoms with Gasteiger partial charge in [-0.05, 0) is 25.1 Å². The van der Waals surface area contributed by atoms with E-state index in [0.29, 0.717) is 10.0 Å². The molecule has 2 N–H and O–H groups in total. The number of rotatable bonds is 4. The zero-order chi connectivity index (χ0) is 15.6. The van der Waals surface area contributed by atoms with E-state index in [1.54, 1.807) is 19.1 Å². The first kappa shape index (κ1) is 15.4. The number of para-hydroxylation sites is 1. The van der Waals surface area contributed by atoms with E-state index in [9.17, 15) is 14.5 Å². The number of benzene rings is 2. The van der Waals surface area contributed by atoms with E-state index in [1.165, 1.54) is 24.3 Å². The van der Waals surface area contributed by atoms with Crippen LogP contribution in [0.4, 0.5) is 10.1 Å². The Morgan fingerprint density at radius 2 is 2.10 bits per heavy atom. The van der Waals surface area contributed by atoms with Crippen molar-refractivity contribution in [3.63, 3.8) is 0 Å². The molecule has 0 aliphatic rings. The average Bonchev–Trinajstić information content (AvgIpc) is 2.42. The average molecular weight is 355 g/mol. The van der Waals surface area contributed by atoms with Crippen LogP contribution in [0.5, 0.6) is 11.5 Å². The second-order valence-corrected chi connectivity index (χ2v) is 5.33. The number of nitrogens with zero attached hydrogens (tertiary/aromatic N) is 1. The summed E-state index contributed by atoms with van der Waals surface area (Å²) >= 11 is 3.15. The summed E-state index contributed by atoms with van der Waals surface area (Å²) in [5.74, 6) is -0.768. The van der Waals surface area contributed by atoms with Crippen LogP contribution in [-0.2, 0) is 0 Å². The highest BCUT2D eigenvalue weighted by molar-refractivity contribution is 9.10. The monoisotopic (exact) mass is 354 g/mol. The molecule has 5 nitrogen and oxygen atoms in total. The van der Waals surface area contributed by atoms with Crippen molar-refractivity contribution >= 4 is 21.6 Å². The largest absolute Gasteiger partial charge is 0.447 e. The summed E-state index contributed by atoms with van der Waals surface area (Å²) < 4.78 is 19.9. The van der Waals surface area contributed by atoms with E-state index in [1.807, 2.05) is 0 Å². The fourth-order valence-electron chi connectivity index (χ4n) is 1.82. The Balaban J connectivity index is 2.51. The number of hydrogen-bond donors (Lipinski definition) is 1. The van der Waals surface area contributed by atoms with Gasteiger partial charge < -0.3 is 10.5 Å². The molecule has 110 valence electrons. The number of nitro benzene ring substituents is 1. The zero-order valence-electron chi connectivity index (χ0n) is 11.0. The van der Waals surface area contributed by atoms with Crippen LogP contribution in [0.25, 0.3) is 0 Å². The lowest BCUT2D eigenvalue weighted by Crippen LogP contribution is -2.08. The molecule has 7 heteroatoms. The van der Waals surface area contributed by atoms with Gasteiger partial charge in [0.05, 0.1) is 4.92 Å². The quantitative estimate of drug-likeness (QED) is 0.655. The summed E-state index contributed by atoms with van der Waals surface area (Å²) in [4.78, 5) is 10.5. The van der Waals surface area contributed by atoms with E-state index in [0.717, 1.165) is 0 Å². The summed E-state index contributed by atoms with van der Waals surface area (Å²) in [6.07, 6.45) is 0. The smallest absolute Gasteiger partial charge is 0.312 e. The summed E-state index contributed by atoms with van der Waals surface area (Å²) in [6, 6.07) is 8.15. The lowest BCUT2D eigenvalue weighted by atomic mass is 10.1. The maximum Gasteiger partial charge on any atom is 0.312 e. The van der Waals surface area contributed by atoms with Crippen molar-refractivity contribution < 1.29 is 14.1 Å². The molecule has 0 amide bonds. The van der Waals surface area contributed by atoms with Crippen molar-refractivity contribution in [3.8, 4) is 11.5 Å². The third kappa shape index (κ3) is 3.37. The molecular weight excluding hydrogens is 343 g/mol. The van der Waals surface area contributed by atoms with Crippen LogP contribution in [0.3, 0.4) is 0 Å². The Hall–Kier alpha value is -1.99. The summed E-state index contributed by atoms with van der Waals surface area (Å²) in [7, 11) is 0. The number of hydrogen-bond acceptors (Lipinski definition) is 4. The molecule has 0 aliphatic heterocycles. The van der Waals surface area contributed by atoms with Gasteiger partial charge in [-0.15, -0.1) is 0 Å². The lowest BCUT2D eigenvalue weighted by Gasteiger charge is -2.14. The third-order valence-corrected chi connectivity index (χ3v) is 3.31. The molecule has 0 aliphatic carbocycles. The number of nitrogens with two attached hydrogens (primary N) is 1. The highest BCUT2D eigenvalue weighted by atomic mass is 79.9. The van der Waals surface area contributed by atoms with Crippen LogP contribution in [0.1, 0.15) is 18.5 Å². The standard InChI is InChI=1S/C14H12BrFN2O3/c1-8(17)10-3-2-4-11(16)14(10)21-13-6-5-9(15)7-12(13)18(19)20/h2-8H,17H2,1H3. The van der Waals surface area contributed by atoms with Crippen LogP contribution in [0.2, 0.25) is 0 Å². The molecule has 0 fully saturated rings. The molecular formula is C14H12BrFN2O3. The van der Waals surface area contributed by atoms with Gasteiger partial charge in [0.2, 0.25) is 5.75 Å². The van der Waals surface area contributed by atoms with Gasteiger partial charge in [0.1, 0.15) is 0 Å². The second kappa shape index (κ2) is 6.19. The molecule has 0 radical (unpaired) electrons. The topological polar surface area (TPSA) is 78.4 Å². The van der Waals surface area contributed by atoms with Crippen LogP contribution in [0.15, 0.2) is 40.9 Å². The summed E-state index contributed by atoms with van der Waals surface area (Å²) in [5.41, 5.74) is 5.95. The van der Waals surface area contributed by atoms with E-state index >= 15 is 0 Å². The van der Waals surface area contributed by atoms with Crippen molar-refractivity contribution in [3.05, 3.63) is 62.4 Å². The molecule has 2 aromatic carbocycles. The van der Waals surface area contributed by atoms with Gasteiger partial charge in [-0.3, -0.25) is 10.1 Å². The minimum atomic E-state index is -0.623. The molecule has 2 aromatic rings. The highest BCUT2D eigenvalue weighted by Crippen LogP contribution is 2.37. The van der Waals surface area contributed by atoms with Gasteiger partial charge in [0.25, 0.3) is 0 Å². The third-order valence-electron chi connectivity index (χ3n) is 2.82. The molecule has 21 heavy (non-hydrogen) atoms. The molecule has 0 bridgehead atoms. The van der Waals surface area contributed by atoms with Gasteiger partial charge in [-0.2, -0.15) is 0 Å². The Morgan fingerprint density at radius 1 is 1.38 bits per heavy atom. The molecule has 1 unspecified atom stereocenters. The Kier molecular flexibility index (Phi) is 4.54. The Bertz CT molecular complexity index is 692. The highest BCUT2D eigenvalue weighted by Gasteiger charge is 2.20. The maximum atomic E-state index is 13.9. The first-order valence-electron chi connectivity index (χ1n) is 6.06. The van der Waals surface area contributed by atoms with E-state index in [2.05, 4.69) is 15.9 Å². The molecule has 0 aromatic heterocycles. The molecule has 0 spiro atoms. The molecule has 2 rings (SSSR count). The van der Waals surface area contributed by atoms with Crippen molar-refractivity contribution in [2.75, 3.05) is 0 Å². The zero-order valence-corrected chi connectivity index (χ0v) is 12.6. The fraction of sp³-hybridized carbons (Fsp3) is 0.143. The van der Waals surface area contributed by atoms with Crippen molar-refractivity contribution in [2.45, 2.75) is 13.0 Å². The van der Waals surface area contributed by atoms with Crippen LogP contribution >= 0.6 is 15.9 Å². The van der Waals surface area contributed by atoms with Gasteiger partial charge in [-0.1, -0.05) is 28.1 Å². The Labute approximate surface area is 128 Å². The van der Waals surface area contributed by atoms with Crippen LogP contribution in [-0.4, -0.2) is 4.92 Å². The van der Waals surface area contributed by atoms with Gasteiger partial charge in [-0.25, -0.2) is 4.39 Å². The van der Waals surface area contributed by atoms with Crippen molar-refractivity contribution in [2.24, 2.45) is 5.73 Å². The van der Waals surface area contributed by atoms with Gasteiger partial charge >= 0.3 is 5.69 Å². The number of nitro groups is 1. The van der Waals surface area contributed by atoms with Gasteiger partial charge in [0, 0.05) is 22.1 Å². The van der Waals surface area contributed by atoms with Gasteiger partial charge in [0.15, 0.2) is 11.6 Å². The fourth-order valence-corrected chi connectivity index (χ4v) is 2.17. The Morgan fingerprint density at radius 3 is 2.71 bits per heavy atom. The minimum Gasteiger partial charge on any atom is -0.447 e. The first-order valence-corrected chi connectivity index (χ1v) is 6.85. The normalized spacial score (nSPS) is 12.0. The van der Waals surface area contributed by atoms with Crippen LogP contribution in [0, 0.1) is 15.9 Å². The van der Waals surface area contributed by atoms with Crippen molar-refractivity contribution in [1.82, 2.24) is 0 Å². The van der Waals surface area contributed by atoms with Crippen LogP contribution < -0.4 is 10.5 Å². The molecule has 0 saturated heterocycles. The summed E-state index contributed by atoms with van der Waals surface area (Å²) in [6.45, 7) is 1.68. The number of ether oxygens (including phenoxy) is 1. The maximum absolute atomic E-state index is 13.9. The molecule has 1 atom stereocenters.